The molecule has 0 saturated heterocycles. The van der Waals surface area contributed by atoms with Gasteiger partial charge in [-0.05, 0) is 31.4 Å². The highest BCUT2D eigenvalue weighted by molar-refractivity contribution is 6.01. The number of nitrogens with zero attached hydrogens (tertiary/aromatic N) is 4. The average molecular weight is 357 g/mol. The number of fused-ring (bicyclic) bond motifs is 1. The summed E-state index contributed by atoms with van der Waals surface area (Å²) in [6.07, 6.45) is 2.44. The number of amides is 1. The van der Waals surface area contributed by atoms with Gasteiger partial charge in [-0.25, -0.2) is 0 Å². The molecule has 0 unspecified atom stereocenters. The molecule has 1 aliphatic rings. The predicted molar refractivity (Wildman–Crippen MR) is 101 cm³/mol. The van der Waals surface area contributed by atoms with Crippen molar-refractivity contribution in [2.75, 3.05) is 6.54 Å². The first kappa shape index (κ1) is 17.0. The molecule has 4 rings (SSSR count). The van der Waals surface area contributed by atoms with Gasteiger partial charge < -0.3 is 4.90 Å². The van der Waals surface area contributed by atoms with Crippen molar-refractivity contribution in [3.8, 4) is 17.3 Å². The van der Waals surface area contributed by atoms with E-state index in [2.05, 4.69) is 21.3 Å². The third-order valence-electron chi connectivity index (χ3n) is 5.07. The molecule has 27 heavy (non-hydrogen) atoms. The van der Waals surface area contributed by atoms with Gasteiger partial charge in [0.15, 0.2) is 0 Å². The Kier molecular flexibility index (Phi) is 4.21. The second kappa shape index (κ2) is 6.69. The van der Waals surface area contributed by atoms with Crippen LogP contribution in [0.1, 0.15) is 38.4 Å². The number of carbonyl (C=O) groups excluding carboxylic acids is 1. The Morgan fingerprint density at radius 3 is 2.78 bits per heavy atom. The molecule has 0 spiro atoms. The van der Waals surface area contributed by atoms with E-state index in [0.29, 0.717) is 36.3 Å². The number of hydrogen-bond donors (Lipinski definition) is 1. The number of benzene rings is 1. The fourth-order valence-electron chi connectivity index (χ4n) is 3.62. The highest BCUT2D eigenvalue weighted by Crippen LogP contribution is 2.28. The lowest BCUT2D eigenvalue weighted by Crippen LogP contribution is -2.37. The first-order chi connectivity index (χ1) is 13.1. The zero-order valence-corrected chi connectivity index (χ0v) is 15.3. The van der Waals surface area contributed by atoms with Crippen LogP contribution in [-0.4, -0.2) is 32.5 Å². The van der Waals surface area contributed by atoms with E-state index in [-0.39, 0.29) is 5.91 Å². The van der Waals surface area contributed by atoms with E-state index < -0.39 is 0 Å². The summed E-state index contributed by atoms with van der Waals surface area (Å²) in [7, 11) is 0. The summed E-state index contributed by atoms with van der Waals surface area (Å²) in [5.41, 5.74) is 6.28. The Morgan fingerprint density at radius 2 is 2.04 bits per heavy atom. The molecule has 3 aromatic rings. The number of rotatable bonds is 2. The molecular formula is C21H19N5O. The number of carbonyl (C=O) groups is 1. The van der Waals surface area contributed by atoms with Crippen LogP contribution in [0.2, 0.25) is 0 Å². The predicted octanol–water partition coefficient (Wildman–Crippen LogP) is 3.16. The molecule has 1 amide bonds. The lowest BCUT2D eigenvalue weighted by atomic mass is 9.95. The first-order valence-electron chi connectivity index (χ1n) is 8.87. The van der Waals surface area contributed by atoms with E-state index in [0.717, 1.165) is 28.1 Å². The lowest BCUT2D eigenvalue weighted by molar-refractivity contribution is 0.0734. The lowest BCUT2D eigenvalue weighted by Gasteiger charge is -2.29. The minimum Gasteiger partial charge on any atom is -0.334 e. The van der Waals surface area contributed by atoms with Crippen LogP contribution in [0.5, 0.6) is 0 Å². The molecule has 1 aliphatic heterocycles. The molecule has 0 fully saturated rings. The molecular weight excluding hydrogens is 338 g/mol. The number of H-pyrrole nitrogens is 1. The Balaban J connectivity index is 1.68. The van der Waals surface area contributed by atoms with E-state index in [1.165, 1.54) is 0 Å². The van der Waals surface area contributed by atoms with Gasteiger partial charge in [0.25, 0.3) is 5.91 Å². The van der Waals surface area contributed by atoms with Crippen molar-refractivity contribution >= 4 is 5.91 Å². The van der Waals surface area contributed by atoms with Crippen molar-refractivity contribution in [3.63, 3.8) is 0 Å². The first-order valence-corrected chi connectivity index (χ1v) is 8.87. The molecule has 2 aromatic heterocycles. The van der Waals surface area contributed by atoms with Crippen molar-refractivity contribution in [1.82, 2.24) is 20.1 Å². The normalized spacial score (nSPS) is 13.1. The van der Waals surface area contributed by atoms with E-state index >= 15 is 0 Å². The number of hydrogen-bond acceptors (Lipinski definition) is 4. The Bertz CT molecular complexity index is 1060. The SMILES string of the molecule is Cc1ncc2c(c1C#N)CCN(C(=O)c1c(-c3ccccc3)n[nH]c1C)C2. The number of pyridine rings is 1. The smallest absolute Gasteiger partial charge is 0.258 e. The summed E-state index contributed by atoms with van der Waals surface area (Å²) in [6, 6.07) is 12.0. The fraction of sp³-hybridized carbons (Fsp3) is 0.238. The van der Waals surface area contributed by atoms with E-state index in [1.54, 1.807) is 6.20 Å². The molecule has 3 heterocycles. The maximum Gasteiger partial charge on any atom is 0.258 e. The minimum absolute atomic E-state index is 0.0511. The molecule has 0 aliphatic carbocycles. The summed E-state index contributed by atoms with van der Waals surface area (Å²) in [6.45, 7) is 4.73. The van der Waals surface area contributed by atoms with Gasteiger partial charge in [-0.2, -0.15) is 10.4 Å². The number of aromatic nitrogens is 3. The molecule has 1 N–H and O–H groups in total. The molecule has 6 nitrogen and oxygen atoms in total. The monoisotopic (exact) mass is 357 g/mol. The number of nitriles is 1. The van der Waals surface area contributed by atoms with Gasteiger partial charge >= 0.3 is 0 Å². The summed E-state index contributed by atoms with van der Waals surface area (Å²) in [5.74, 6) is -0.0511. The van der Waals surface area contributed by atoms with Gasteiger partial charge in [-0.1, -0.05) is 30.3 Å². The second-order valence-electron chi connectivity index (χ2n) is 6.75. The van der Waals surface area contributed by atoms with Gasteiger partial charge in [0, 0.05) is 30.5 Å². The van der Waals surface area contributed by atoms with Crippen LogP contribution in [-0.2, 0) is 13.0 Å². The van der Waals surface area contributed by atoms with Gasteiger partial charge in [-0.3, -0.25) is 14.9 Å². The summed E-state index contributed by atoms with van der Waals surface area (Å²) in [4.78, 5) is 19.4. The van der Waals surface area contributed by atoms with Crippen molar-refractivity contribution in [2.45, 2.75) is 26.8 Å². The largest absolute Gasteiger partial charge is 0.334 e. The third-order valence-corrected chi connectivity index (χ3v) is 5.07. The van der Waals surface area contributed by atoms with Crippen LogP contribution in [0.4, 0.5) is 0 Å². The number of aromatic amines is 1. The Morgan fingerprint density at radius 1 is 1.26 bits per heavy atom. The van der Waals surface area contributed by atoms with Crippen LogP contribution in [0, 0.1) is 25.2 Å². The highest BCUT2D eigenvalue weighted by atomic mass is 16.2. The molecule has 0 bridgehead atoms. The number of nitrogens with one attached hydrogen (secondary N) is 1. The molecule has 134 valence electrons. The molecule has 1 aromatic carbocycles. The van der Waals surface area contributed by atoms with Crippen LogP contribution in [0.3, 0.4) is 0 Å². The van der Waals surface area contributed by atoms with Crippen molar-refractivity contribution in [2.24, 2.45) is 0 Å². The zero-order valence-electron chi connectivity index (χ0n) is 15.3. The summed E-state index contributed by atoms with van der Waals surface area (Å²) in [5, 5.41) is 16.7. The number of aryl methyl sites for hydroxylation is 2. The van der Waals surface area contributed by atoms with E-state index in [4.69, 9.17) is 0 Å². The minimum atomic E-state index is -0.0511. The molecule has 0 atom stereocenters. The van der Waals surface area contributed by atoms with E-state index in [1.807, 2.05) is 49.1 Å². The Labute approximate surface area is 157 Å². The summed E-state index contributed by atoms with van der Waals surface area (Å²) < 4.78 is 0. The van der Waals surface area contributed by atoms with Crippen LogP contribution >= 0.6 is 0 Å². The van der Waals surface area contributed by atoms with Crippen LogP contribution in [0.25, 0.3) is 11.3 Å². The highest BCUT2D eigenvalue weighted by Gasteiger charge is 2.28. The second-order valence-corrected chi connectivity index (χ2v) is 6.75. The van der Waals surface area contributed by atoms with Crippen LogP contribution in [0.15, 0.2) is 36.5 Å². The van der Waals surface area contributed by atoms with E-state index in [9.17, 15) is 10.1 Å². The van der Waals surface area contributed by atoms with Crippen molar-refractivity contribution in [1.29, 1.82) is 5.26 Å². The average Bonchev–Trinajstić information content (AvgIpc) is 3.09. The topological polar surface area (TPSA) is 85.7 Å². The van der Waals surface area contributed by atoms with Crippen LogP contribution < -0.4 is 0 Å². The fourth-order valence-corrected chi connectivity index (χ4v) is 3.62. The quantitative estimate of drug-likeness (QED) is 0.763. The standard InChI is InChI=1S/C21H19N5O/c1-13-18(10-22)17-8-9-26(12-16(17)11-23-13)21(27)19-14(2)24-25-20(19)15-6-4-3-5-7-15/h3-7,11H,8-9,12H2,1-2H3,(H,24,25). The van der Waals surface area contributed by atoms with Gasteiger partial charge in [0.1, 0.15) is 11.8 Å². The molecule has 0 radical (unpaired) electrons. The maximum absolute atomic E-state index is 13.3. The van der Waals surface area contributed by atoms with Crippen molar-refractivity contribution in [3.05, 3.63) is 70.2 Å². The molecule has 0 saturated carbocycles. The summed E-state index contributed by atoms with van der Waals surface area (Å²) >= 11 is 0. The maximum atomic E-state index is 13.3. The Hall–Kier alpha value is -3.46. The third kappa shape index (κ3) is 2.87. The zero-order chi connectivity index (χ0) is 19.0. The van der Waals surface area contributed by atoms with Gasteiger partial charge in [0.2, 0.25) is 0 Å². The van der Waals surface area contributed by atoms with Gasteiger partial charge in [-0.15, -0.1) is 0 Å². The van der Waals surface area contributed by atoms with Gasteiger partial charge in [0.05, 0.1) is 16.8 Å². The molecule has 6 heteroatoms. The van der Waals surface area contributed by atoms with Crippen molar-refractivity contribution < 1.29 is 4.79 Å².